The Kier molecular flexibility index (Phi) is 3.85. The van der Waals surface area contributed by atoms with Crippen LogP contribution in [0.1, 0.15) is 11.1 Å². The topological polar surface area (TPSA) is 60.9 Å². The molecule has 2 aromatic rings. The van der Waals surface area contributed by atoms with Crippen LogP contribution in [0.3, 0.4) is 0 Å². The lowest BCUT2D eigenvalue weighted by molar-refractivity contribution is -0.137. The van der Waals surface area contributed by atoms with Crippen LogP contribution in [0.25, 0.3) is 0 Å². The van der Waals surface area contributed by atoms with Crippen LogP contribution in [0.2, 0.25) is 0 Å². The second-order valence-corrected chi connectivity index (χ2v) is 5.68. The highest BCUT2D eigenvalue weighted by Crippen LogP contribution is 2.32. The molecule has 0 bridgehead atoms. The zero-order valence-corrected chi connectivity index (χ0v) is 11.3. The third-order valence-corrected chi connectivity index (χ3v) is 4.10. The SMILES string of the molecule is Cn1cc(CS(=O)c2ccc(C(F)(F)F)cc2N)cn1. The van der Waals surface area contributed by atoms with Gasteiger partial charge >= 0.3 is 6.18 Å². The molecule has 1 aromatic carbocycles. The lowest BCUT2D eigenvalue weighted by Gasteiger charge is -2.10. The van der Waals surface area contributed by atoms with Gasteiger partial charge in [-0.1, -0.05) is 0 Å². The van der Waals surface area contributed by atoms with Gasteiger partial charge in [0.05, 0.1) is 33.2 Å². The summed E-state index contributed by atoms with van der Waals surface area (Å²) in [7, 11) is 0.208. The highest BCUT2D eigenvalue weighted by atomic mass is 32.2. The van der Waals surface area contributed by atoms with E-state index in [-0.39, 0.29) is 16.3 Å². The number of rotatable bonds is 3. The Morgan fingerprint density at radius 1 is 1.40 bits per heavy atom. The fourth-order valence-electron chi connectivity index (χ4n) is 1.71. The van der Waals surface area contributed by atoms with Gasteiger partial charge in [-0.15, -0.1) is 0 Å². The Morgan fingerprint density at radius 2 is 2.10 bits per heavy atom. The summed E-state index contributed by atoms with van der Waals surface area (Å²) in [5, 5.41) is 3.93. The highest BCUT2D eigenvalue weighted by molar-refractivity contribution is 7.84. The molecule has 20 heavy (non-hydrogen) atoms. The summed E-state index contributed by atoms with van der Waals surface area (Å²) in [5.74, 6) is 0.156. The maximum atomic E-state index is 12.5. The molecule has 0 spiro atoms. The van der Waals surface area contributed by atoms with Crippen molar-refractivity contribution in [1.29, 1.82) is 0 Å². The van der Waals surface area contributed by atoms with Crippen molar-refractivity contribution < 1.29 is 17.4 Å². The Balaban J connectivity index is 2.22. The Hall–Kier alpha value is -1.83. The second-order valence-electron chi connectivity index (χ2n) is 4.26. The first-order chi connectivity index (χ1) is 9.27. The highest BCUT2D eigenvalue weighted by Gasteiger charge is 2.31. The molecule has 0 saturated heterocycles. The van der Waals surface area contributed by atoms with E-state index in [4.69, 9.17) is 5.73 Å². The second kappa shape index (κ2) is 5.28. The van der Waals surface area contributed by atoms with Gasteiger partial charge in [0.2, 0.25) is 0 Å². The van der Waals surface area contributed by atoms with Crippen molar-refractivity contribution in [2.45, 2.75) is 16.8 Å². The first kappa shape index (κ1) is 14.6. The summed E-state index contributed by atoms with van der Waals surface area (Å²) in [5.41, 5.74) is 5.32. The van der Waals surface area contributed by atoms with E-state index in [0.29, 0.717) is 0 Å². The number of hydrogen-bond donors (Lipinski definition) is 1. The molecule has 0 radical (unpaired) electrons. The normalized spacial score (nSPS) is 13.4. The van der Waals surface area contributed by atoms with Crippen molar-refractivity contribution >= 4 is 16.5 Å². The molecule has 8 heteroatoms. The van der Waals surface area contributed by atoms with Crippen molar-refractivity contribution in [2.24, 2.45) is 7.05 Å². The minimum atomic E-state index is -4.46. The fraction of sp³-hybridized carbons (Fsp3) is 0.250. The minimum absolute atomic E-state index is 0.123. The smallest absolute Gasteiger partial charge is 0.398 e. The van der Waals surface area contributed by atoms with Crippen molar-refractivity contribution in [2.75, 3.05) is 5.73 Å². The summed E-state index contributed by atoms with van der Waals surface area (Å²) in [6.45, 7) is 0. The van der Waals surface area contributed by atoms with Crippen molar-refractivity contribution in [3.8, 4) is 0 Å². The first-order valence-corrected chi connectivity index (χ1v) is 6.92. The van der Waals surface area contributed by atoms with Gasteiger partial charge in [-0.2, -0.15) is 18.3 Å². The number of hydrogen-bond acceptors (Lipinski definition) is 3. The van der Waals surface area contributed by atoms with Crippen molar-refractivity contribution in [3.63, 3.8) is 0 Å². The van der Waals surface area contributed by atoms with Crippen LogP contribution < -0.4 is 5.73 Å². The van der Waals surface area contributed by atoms with Crippen LogP contribution in [0.15, 0.2) is 35.5 Å². The van der Waals surface area contributed by atoms with E-state index < -0.39 is 22.5 Å². The molecule has 0 aliphatic rings. The maximum Gasteiger partial charge on any atom is 0.416 e. The van der Waals surface area contributed by atoms with E-state index in [0.717, 1.165) is 23.8 Å². The van der Waals surface area contributed by atoms with E-state index in [2.05, 4.69) is 5.10 Å². The minimum Gasteiger partial charge on any atom is -0.398 e. The molecule has 0 fully saturated rings. The van der Waals surface area contributed by atoms with Gasteiger partial charge in [0.25, 0.3) is 0 Å². The summed E-state index contributed by atoms with van der Waals surface area (Å²) in [4.78, 5) is 0.196. The summed E-state index contributed by atoms with van der Waals surface area (Å²) >= 11 is 0. The number of alkyl halides is 3. The van der Waals surface area contributed by atoms with Crippen LogP contribution in [0.4, 0.5) is 18.9 Å². The summed E-state index contributed by atoms with van der Waals surface area (Å²) < 4.78 is 51.2. The average molecular weight is 303 g/mol. The fourth-order valence-corrected chi connectivity index (χ4v) is 2.86. The molecule has 1 atom stereocenters. The standard InChI is InChI=1S/C12H12F3N3OS/c1-18-6-8(5-17-18)7-20(19)11-3-2-9(4-10(11)16)12(13,14)15/h2-6H,7,16H2,1H3. The Morgan fingerprint density at radius 3 is 2.60 bits per heavy atom. The number of anilines is 1. The van der Waals surface area contributed by atoms with Gasteiger partial charge in [-0.05, 0) is 18.2 Å². The predicted octanol–water partition coefficient (Wildman–Crippen LogP) is 2.33. The van der Waals surface area contributed by atoms with Gasteiger partial charge in [0.15, 0.2) is 0 Å². The lowest BCUT2D eigenvalue weighted by atomic mass is 10.2. The van der Waals surface area contributed by atoms with E-state index >= 15 is 0 Å². The summed E-state index contributed by atoms with van der Waals surface area (Å²) in [6, 6.07) is 2.84. The van der Waals surface area contributed by atoms with Gasteiger partial charge in [0, 0.05) is 24.5 Å². The molecule has 0 amide bonds. The van der Waals surface area contributed by atoms with Crippen LogP contribution >= 0.6 is 0 Å². The van der Waals surface area contributed by atoms with Crippen LogP contribution in [-0.2, 0) is 29.8 Å². The van der Waals surface area contributed by atoms with Crippen LogP contribution in [0, 0.1) is 0 Å². The molecule has 0 aliphatic heterocycles. The molecule has 0 saturated carbocycles. The molecule has 1 aromatic heterocycles. The van der Waals surface area contributed by atoms with Gasteiger partial charge in [0.1, 0.15) is 0 Å². The zero-order chi connectivity index (χ0) is 14.9. The number of halogens is 3. The number of nitrogens with two attached hydrogens (primary N) is 1. The van der Waals surface area contributed by atoms with Crippen LogP contribution in [0.5, 0.6) is 0 Å². The molecular weight excluding hydrogens is 291 g/mol. The van der Waals surface area contributed by atoms with Gasteiger partial charge < -0.3 is 5.73 Å². The third-order valence-electron chi connectivity index (χ3n) is 2.64. The summed E-state index contributed by atoms with van der Waals surface area (Å²) in [6.07, 6.45) is -1.21. The molecule has 4 nitrogen and oxygen atoms in total. The van der Waals surface area contributed by atoms with Gasteiger partial charge in [-0.25, -0.2) is 0 Å². The third kappa shape index (κ3) is 3.19. The maximum absolute atomic E-state index is 12.5. The van der Waals surface area contributed by atoms with Crippen molar-refractivity contribution in [3.05, 3.63) is 41.7 Å². The molecule has 2 N–H and O–H groups in total. The zero-order valence-electron chi connectivity index (χ0n) is 10.5. The lowest BCUT2D eigenvalue weighted by Crippen LogP contribution is -2.08. The van der Waals surface area contributed by atoms with E-state index in [1.807, 2.05) is 0 Å². The number of benzene rings is 1. The van der Waals surface area contributed by atoms with E-state index in [1.165, 1.54) is 0 Å². The quantitative estimate of drug-likeness (QED) is 0.885. The van der Waals surface area contributed by atoms with E-state index in [9.17, 15) is 17.4 Å². The Bertz CT molecular complexity index is 652. The van der Waals surface area contributed by atoms with Gasteiger partial charge in [-0.3, -0.25) is 8.89 Å². The average Bonchev–Trinajstić information content (AvgIpc) is 2.73. The molecule has 1 unspecified atom stereocenters. The van der Waals surface area contributed by atoms with E-state index in [1.54, 1.807) is 24.1 Å². The van der Waals surface area contributed by atoms with Crippen LogP contribution in [-0.4, -0.2) is 14.0 Å². The predicted molar refractivity (Wildman–Crippen MR) is 69.2 cm³/mol. The first-order valence-electron chi connectivity index (χ1n) is 5.60. The molecule has 108 valence electrons. The number of nitrogens with zero attached hydrogens (tertiary/aromatic N) is 2. The molecule has 2 rings (SSSR count). The van der Waals surface area contributed by atoms with Crippen molar-refractivity contribution in [1.82, 2.24) is 9.78 Å². The number of aromatic nitrogens is 2. The molecule has 1 heterocycles. The monoisotopic (exact) mass is 303 g/mol. The molecule has 0 aliphatic carbocycles. The number of aryl methyl sites for hydroxylation is 1. The number of nitrogen functional groups attached to an aromatic ring is 1. The molecular formula is C12H12F3N3OS. The Labute approximate surface area is 115 Å². The largest absolute Gasteiger partial charge is 0.416 e.